The molecule has 37 heavy (non-hydrogen) atoms. The Morgan fingerprint density at radius 3 is 2.70 bits per heavy atom. The molecule has 2 aromatic carbocycles. The molecule has 2 amide bonds. The van der Waals surface area contributed by atoms with Crippen molar-refractivity contribution in [2.24, 2.45) is 11.8 Å². The predicted molar refractivity (Wildman–Crippen MR) is 139 cm³/mol. The molecule has 8 nitrogen and oxygen atoms in total. The number of anilines is 1. The Morgan fingerprint density at radius 1 is 1.27 bits per heavy atom. The van der Waals surface area contributed by atoms with Crippen LogP contribution >= 0.6 is 0 Å². The van der Waals surface area contributed by atoms with Gasteiger partial charge in [0.2, 0.25) is 5.91 Å². The van der Waals surface area contributed by atoms with Crippen LogP contribution in [0.15, 0.2) is 55.1 Å². The first-order chi connectivity index (χ1) is 17.9. The summed E-state index contributed by atoms with van der Waals surface area (Å²) >= 11 is 0. The van der Waals surface area contributed by atoms with E-state index >= 15 is 0 Å². The van der Waals surface area contributed by atoms with Crippen LogP contribution in [-0.2, 0) is 23.9 Å². The van der Waals surface area contributed by atoms with E-state index in [-0.39, 0.29) is 31.6 Å². The van der Waals surface area contributed by atoms with Crippen molar-refractivity contribution in [3.8, 4) is 0 Å². The number of esters is 1. The number of carbonyl (C=O) groups excluding carboxylic acids is 3. The topological polar surface area (TPSA) is 96.4 Å². The van der Waals surface area contributed by atoms with Gasteiger partial charge in [-0.1, -0.05) is 43.3 Å². The van der Waals surface area contributed by atoms with E-state index in [4.69, 9.17) is 9.47 Å². The maximum atomic E-state index is 14.5. The minimum Gasteiger partial charge on any atom is -0.466 e. The summed E-state index contributed by atoms with van der Waals surface area (Å²) in [6.07, 6.45) is 2.70. The number of hydrogen-bond donors (Lipinski definition) is 1. The Labute approximate surface area is 216 Å². The van der Waals surface area contributed by atoms with E-state index in [1.165, 1.54) is 4.90 Å². The monoisotopic (exact) mass is 506 g/mol. The number of amides is 2. The molecule has 1 spiro atoms. The van der Waals surface area contributed by atoms with Gasteiger partial charge in [-0.15, -0.1) is 6.58 Å². The van der Waals surface area contributed by atoms with Gasteiger partial charge in [0.25, 0.3) is 5.91 Å². The zero-order chi connectivity index (χ0) is 26.3. The summed E-state index contributed by atoms with van der Waals surface area (Å²) in [5, 5.41) is 12.2. The van der Waals surface area contributed by atoms with Gasteiger partial charge in [0.05, 0.1) is 37.2 Å². The molecular formula is C29H34N2O6. The highest BCUT2D eigenvalue weighted by molar-refractivity contribution is 6.05. The summed E-state index contributed by atoms with van der Waals surface area (Å²) in [6, 6.07) is 12.1. The van der Waals surface area contributed by atoms with E-state index in [0.29, 0.717) is 24.9 Å². The molecule has 3 aliphatic rings. The number of aliphatic hydroxyl groups excluding tert-OH is 1. The van der Waals surface area contributed by atoms with E-state index in [0.717, 1.165) is 10.8 Å². The number of likely N-dealkylation sites (tertiary alicyclic amines) is 1. The average molecular weight is 507 g/mol. The number of rotatable bonds is 9. The fourth-order valence-electron chi connectivity index (χ4n) is 6.63. The molecule has 1 N–H and O–H groups in total. The van der Waals surface area contributed by atoms with Gasteiger partial charge in [-0.2, -0.15) is 0 Å². The van der Waals surface area contributed by atoms with Crippen molar-refractivity contribution in [3.05, 3.63) is 55.1 Å². The van der Waals surface area contributed by atoms with Gasteiger partial charge < -0.3 is 24.4 Å². The van der Waals surface area contributed by atoms with Crippen LogP contribution in [-0.4, -0.2) is 71.3 Å². The SMILES string of the molecule is C=CCN(C(=O)[C@H]1N([C@@H](CC)CO)C(=O)[C@@H]2[C@@H](C(=O)OCC)[C@H]3CC[C@]21O3)c1ccc2ccccc2c1. The molecule has 3 saturated heterocycles. The van der Waals surface area contributed by atoms with E-state index in [9.17, 15) is 19.5 Å². The molecule has 6 atom stereocenters. The van der Waals surface area contributed by atoms with Gasteiger partial charge in [0, 0.05) is 12.2 Å². The lowest BCUT2D eigenvalue weighted by Gasteiger charge is -2.39. The van der Waals surface area contributed by atoms with Gasteiger partial charge in [-0.25, -0.2) is 0 Å². The number of hydrogen-bond acceptors (Lipinski definition) is 6. The second-order valence-corrected chi connectivity index (χ2v) is 10.1. The highest BCUT2D eigenvalue weighted by Gasteiger charge is 2.75. The Bertz CT molecular complexity index is 1230. The molecule has 196 valence electrons. The molecule has 0 aliphatic carbocycles. The Hall–Kier alpha value is -3.23. The molecule has 3 heterocycles. The maximum Gasteiger partial charge on any atom is 0.312 e. The van der Waals surface area contributed by atoms with Crippen LogP contribution in [0.5, 0.6) is 0 Å². The van der Waals surface area contributed by atoms with Gasteiger partial charge in [0.15, 0.2) is 0 Å². The molecule has 8 heteroatoms. The van der Waals surface area contributed by atoms with Gasteiger partial charge in [-0.05, 0) is 49.1 Å². The first-order valence-corrected chi connectivity index (χ1v) is 13.1. The minimum absolute atomic E-state index is 0.200. The molecular weight excluding hydrogens is 472 g/mol. The number of carbonyl (C=O) groups is 3. The van der Waals surface area contributed by atoms with Crippen molar-refractivity contribution >= 4 is 34.2 Å². The van der Waals surface area contributed by atoms with Crippen molar-refractivity contribution in [1.29, 1.82) is 0 Å². The lowest BCUT2D eigenvalue weighted by molar-refractivity contribution is -0.155. The molecule has 3 aliphatic heterocycles. The summed E-state index contributed by atoms with van der Waals surface area (Å²) in [4.78, 5) is 44.6. The number of aliphatic hydroxyl groups is 1. The minimum atomic E-state index is -1.14. The zero-order valence-corrected chi connectivity index (χ0v) is 21.3. The van der Waals surface area contributed by atoms with Crippen LogP contribution in [0.25, 0.3) is 10.8 Å². The maximum absolute atomic E-state index is 14.5. The van der Waals surface area contributed by atoms with Crippen molar-refractivity contribution in [1.82, 2.24) is 4.90 Å². The molecule has 2 aromatic rings. The van der Waals surface area contributed by atoms with E-state index in [1.54, 1.807) is 17.9 Å². The molecule has 0 radical (unpaired) electrons. The number of nitrogens with zero attached hydrogens (tertiary/aromatic N) is 2. The van der Waals surface area contributed by atoms with Crippen LogP contribution in [0.3, 0.4) is 0 Å². The second-order valence-electron chi connectivity index (χ2n) is 10.1. The van der Waals surface area contributed by atoms with Gasteiger partial charge in [-0.3, -0.25) is 14.4 Å². The van der Waals surface area contributed by atoms with Crippen LogP contribution in [0.2, 0.25) is 0 Å². The van der Waals surface area contributed by atoms with E-state index < -0.39 is 41.6 Å². The third kappa shape index (κ3) is 3.85. The molecule has 2 bridgehead atoms. The predicted octanol–water partition coefficient (Wildman–Crippen LogP) is 3.07. The lowest BCUT2D eigenvalue weighted by atomic mass is 9.70. The largest absolute Gasteiger partial charge is 0.466 e. The molecule has 5 rings (SSSR count). The zero-order valence-electron chi connectivity index (χ0n) is 21.3. The standard InChI is InChI=1S/C29H34N2O6/c1-4-15-30(21-12-11-18-9-7-8-10-19(18)16-21)27(34)25-29-14-13-22(37-29)23(28(35)36-6-3)24(29)26(33)31(25)20(5-2)17-32/h4,7-12,16,20,22-25,32H,1,5-6,13-15,17H2,2-3H3/t20-,22+,23-,24-,25+,29-/m0/s1. The van der Waals surface area contributed by atoms with Crippen LogP contribution in [0.4, 0.5) is 5.69 Å². The summed E-state index contributed by atoms with van der Waals surface area (Å²) in [5.74, 6) is -2.66. The highest BCUT2D eigenvalue weighted by Crippen LogP contribution is 2.59. The summed E-state index contributed by atoms with van der Waals surface area (Å²) in [5.41, 5.74) is -0.461. The molecule has 0 unspecified atom stereocenters. The summed E-state index contributed by atoms with van der Waals surface area (Å²) in [6.45, 7) is 7.60. The van der Waals surface area contributed by atoms with E-state index in [2.05, 4.69) is 6.58 Å². The Morgan fingerprint density at radius 2 is 2.03 bits per heavy atom. The van der Waals surface area contributed by atoms with E-state index in [1.807, 2.05) is 49.4 Å². The first kappa shape index (κ1) is 25.4. The third-order valence-corrected chi connectivity index (χ3v) is 8.23. The Balaban J connectivity index is 1.60. The number of fused-ring (bicyclic) bond motifs is 2. The number of ether oxygens (including phenoxy) is 2. The lowest BCUT2D eigenvalue weighted by Crippen LogP contribution is -2.59. The van der Waals surface area contributed by atoms with Gasteiger partial charge in [0.1, 0.15) is 11.6 Å². The molecule has 0 aromatic heterocycles. The third-order valence-electron chi connectivity index (χ3n) is 8.23. The van der Waals surface area contributed by atoms with Crippen molar-refractivity contribution in [2.75, 3.05) is 24.7 Å². The van der Waals surface area contributed by atoms with Crippen LogP contribution in [0, 0.1) is 11.8 Å². The first-order valence-electron chi connectivity index (χ1n) is 13.1. The normalized spacial score (nSPS) is 28.8. The van der Waals surface area contributed by atoms with Crippen LogP contribution in [0.1, 0.15) is 33.1 Å². The van der Waals surface area contributed by atoms with Crippen LogP contribution < -0.4 is 4.90 Å². The molecule has 3 fully saturated rings. The smallest absolute Gasteiger partial charge is 0.312 e. The van der Waals surface area contributed by atoms with Crippen molar-refractivity contribution < 1.29 is 29.0 Å². The number of benzene rings is 2. The molecule has 0 saturated carbocycles. The van der Waals surface area contributed by atoms with Crippen molar-refractivity contribution in [2.45, 2.75) is 56.9 Å². The second kappa shape index (κ2) is 9.91. The highest BCUT2D eigenvalue weighted by atomic mass is 16.6. The quantitative estimate of drug-likeness (QED) is 0.415. The summed E-state index contributed by atoms with van der Waals surface area (Å²) in [7, 11) is 0. The fourth-order valence-corrected chi connectivity index (χ4v) is 6.63. The Kier molecular flexibility index (Phi) is 6.81. The van der Waals surface area contributed by atoms with Gasteiger partial charge >= 0.3 is 5.97 Å². The van der Waals surface area contributed by atoms with Crippen molar-refractivity contribution in [3.63, 3.8) is 0 Å². The average Bonchev–Trinajstić information content (AvgIpc) is 3.55. The summed E-state index contributed by atoms with van der Waals surface area (Å²) < 4.78 is 11.8. The fraction of sp³-hybridized carbons (Fsp3) is 0.483.